The highest BCUT2D eigenvalue weighted by Crippen LogP contribution is 2.15. The van der Waals surface area contributed by atoms with Gasteiger partial charge in [0.15, 0.2) is 5.65 Å². The first-order chi connectivity index (χ1) is 11.8. The van der Waals surface area contributed by atoms with Crippen molar-refractivity contribution in [2.24, 2.45) is 0 Å². The molecule has 5 nitrogen and oxygen atoms in total. The van der Waals surface area contributed by atoms with Crippen molar-refractivity contribution in [3.05, 3.63) is 52.7 Å². The molecule has 0 fully saturated rings. The molecule has 3 aromatic rings. The molecule has 2 heterocycles. The zero-order valence-electron chi connectivity index (χ0n) is 14.4. The van der Waals surface area contributed by atoms with E-state index >= 15 is 0 Å². The van der Waals surface area contributed by atoms with Gasteiger partial charge in [-0.15, -0.1) is 0 Å². The van der Waals surface area contributed by atoms with Gasteiger partial charge < -0.3 is 0 Å². The van der Waals surface area contributed by atoms with Crippen molar-refractivity contribution in [2.45, 2.75) is 52.5 Å². The second-order valence-electron chi connectivity index (χ2n) is 6.07. The van der Waals surface area contributed by atoms with Crippen molar-refractivity contribution in [1.82, 2.24) is 19.3 Å². The molecule has 0 spiro atoms. The fourth-order valence-corrected chi connectivity index (χ4v) is 2.97. The van der Waals surface area contributed by atoms with Crippen LogP contribution in [-0.2, 0) is 13.0 Å². The number of fused-ring (bicyclic) bond motifs is 1. The number of aryl methyl sites for hydroxylation is 1. The number of nitrogens with zero attached hydrogens (tertiary/aromatic N) is 4. The molecule has 0 amide bonds. The summed E-state index contributed by atoms with van der Waals surface area (Å²) >= 11 is 0. The zero-order valence-corrected chi connectivity index (χ0v) is 14.4. The molecule has 126 valence electrons. The summed E-state index contributed by atoms with van der Waals surface area (Å²) in [6.45, 7) is 5.02. The van der Waals surface area contributed by atoms with E-state index in [1.807, 2.05) is 34.9 Å². The molecule has 0 aliphatic heterocycles. The molecule has 0 radical (unpaired) electrons. The average Bonchev–Trinajstić information content (AvgIpc) is 3.03. The summed E-state index contributed by atoms with van der Waals surface area (Å²) in [4.78, 5) is 17.7. The van der Waals surface area contributed by atoms with Gasteiger partial charge in [-0.1, -0.05) is 44.9 Å². The summed E-state index contributed by atoms with van der Waals surface area (Å²) in [7, 11) is 0. The lowest BCUT2D eigenvalue weighted by Gasteiger charge is -2.12. The Morgan fingerprint density at radius 3 is 2.54 bits per heavy atom. The lowest BCUT2D eigenvalue weighted by molar-refractivity contribution is 0.554. The highest BCUT2D eigenvalue weighted by atomic mass is 16.1. The maximum atomic E-state index is 12.9. The lowest BCUT2D eigenvalue weighted by Crippen LogP contribution is -2.25. The third kappa shape index (κ3) is 3.11. The molecule has 0 aliphatic rings. The second kappa shape index (κ2) is 7.43. The second-order valence-corrected chi connectivity index (χ2v) is 6.07. The van der Waals surface area contributed by atoms with Gasteiger partial charge in [0.25, 0.3) is 5.56 Å². The lowest BCUT2D eigenvalue weighted by atomic mass is 10.2. The van der Waals surface area contributed by atoms with Crippen molar-refractivity contribution in [1.29, 1.82) is 0 Å². The molecule has 0 saturated heterocycles. The maximum Gasteiger partial charge on any atom is 0.264 e. The van der Waals surface area contributed by atoms with Crippen LogP contribution in [0.2, 0.25) is 0 Å². The van der Waals surface area contributed by atoms with E-state index in [4.69, 9.17) is 4.98 Å². The standard InChI is InChI=1S/C19H24N4O/c1-3-5-9-13-22-17(10-4-2)21-18-16(19(22)24)14-20-23(18)15-11-7-6-8-12-15/h6-8,11-12,14H,3-5,9-10,13H2,1-2H3. The normalized spacial score (nSPS) is 11.2. The van der Waals surface area contributed by atoms with Gasteiger partial charge in [-0.3, -0.25) is 9.36 Å². The zero-order chi connectivity index (χ0) is 16.9. The molecular formula is C19H24N4O. The first-order valence-electron chi connectivity index (χ1n) is 8.79. The number of hydrogen-bond donors (Lipinski definition) is 0. The van der Waals surface area contributed by atoms with Crippen molar-refractivity contribution >= 4 is 11.0 Å². The van der Waals surface area contributed by atoms with E-state index in [9.17, 15) is 4.79 Å². The fourth-order valence-electron chi connectivity index (χ4n) is 2.97. The molecule has 0 unspecified atom stereocenters. The largest absolute Gasteiger partial charge is 0.296 e. The molecular weight excluding hydrogens is 300 g/mol. The summed E-state index contributed by atoms with van der Waals surface area (Å²) in [6, 6.07) is 9.83. The van der Waals surface area contributed by atoms with Gasteiger partial charge in [-0.25, -0.2) is 9.67 Å². The van der Waals surface area contributed by atoms with Gasteiger partial charge in [0.2, 0.25) is 0 Å². The van der Waals surface area contributed by atoms with Gasteiger partial charge >= 0.3 is 0 Å². The molecule has 24 heavy (non-hydrogen) atoms. The highest BCUT2D eigenvalue weighted by Gasteiger charge is 2.15. The third-order valence-corrected chi connectivity index (χ3v) is 4.23. The summed E-state index contributed by atoms with van der Waals surface area (Å²) in [5.41, 5.74) is 1.61. The van der Waals surface area contributed by atoms with Crippen molar-refractivity contribution < 1.29 is 0 Å². The Labute approximate surface area is 142 Å². The van der Waals surface area contributed by atoms with Crippen molar-refractivity contribution in [2.75, 3.05) is 0 Å². The van der Waals surface area contributed by atoms with Crippen LogP contribution in [0.1, 0.15) is 45.4 Å². The molecule has 2 aromatic heterocycles. The van der Waals surface area contributed by atoms with Crippen LogP contribution in [-0.4, -0.2) is 19.3 Å². The number of rotatable bonds is 7. The highest BCUT2D eigenvalue weighted by molar-refractivity contribution is 5.75. The Kier molecular flexibility index (Phi) is 5.08. The van der Waals surface area contributed by atoms with Crippen LogP contribution in [0.3, 0.4) is 0 Å². The van der Waals surface area contributed by atoms with E-state index in [0.717, 1.165) is 50.2 Å². The number of benzene rings is 1. The van der Waals surface area contributed by atoms with Crippen LogP contribution in [0.5, 0.6) is 0 Å². The first-order valence-corrected chi connectivity index (χ1v) is 8.79. The Hall–Kier alpha value is -2.43. The van der Waals surface area contributed by atoms with Crippen LogP contribution in [0.15, 0.2) is 41.3 Å². The minimum absolute atomic E-state index is 0.0294. The topological polar surface area (TPSA) is 52.7 Å². The maximum absolute atomic E-state index is 12.9. The summed E-state index contributed by atoms with van der Waals surface area (Å²) in [5.74, 6) is 0.865. The van der Waals surface area contributed by atoms with E-state index in [0.29, 0.717) is 11.0 Å². The van der Waals surface area contributed by atoms with E-state index < -0.39 is 0 Å². The molecule has 0 N–H and O–H groups in total. The molecule has 0 aliphatic carbocycles. The number of para-hydroxylation sites is 1. The van der Waals surface area contributed by atoms with Gasteiger partial charge in [0.1, 0.15) is 11.2 Å². The average molecular weight is 324 g/mol. The molecule has 1 aromatic carbocycles. The van der Waals surface area contributed by atoms with Gasteiger partial charge in [0.05, 0.1) is 11.9 Å². The van der Waals surface area contributed by atoms with Crippen LogP contribution in [0.4, 0.5) is 0 Å². The first kappa shape index (κ1) is 16.4. The van der Waals surface area contributed by atoms with Crippen molar-refractivity contribution in [3.8, 4) is 5.69 Å². The SMILES string of the molecule is CCCCCn1c(CCC)nc2c(cnn2-c2ccccc2)c1=O. The Balaban J connectivity index is 2.12. The molecule has 0 atom stereocenters. The Morgan fingerprint density at radius 1 is 1.04 bits per heavy atom. The van der Waals surface area contributed by atoms with Gasteiger partial charge in [-0.2, -0.15) is 5.10 Å². The minimum atomic E-state index is 0.0294. The minimum Gasteiger partial charge on any atom is -0.296 e. The van der Waals surface area contributed by atoms with E-state index in [1.54, 1.807) is 10.9 Å². The van der Waals surface area contributed by atoms with E-state index in [1.165, 1.54) is 0 Å². The van der Waals surface area contributed by atoms with E-state index in [2.05, 4.69) is 18.9 Å². The number of aromatic nitrogens is 4. The third-order valence-electron chi connectivity index (χ3n) is 4.23. The Morgan fingerprint density at radius 2 is 1.83 bits per heavy atom. The smallest absolute Gasteiger partial charge is 0.264 e. The number of hydrogen-bond acceptors (Lipinski definition) is 3. The predicted molar refractivity (Wildman–Crippen MR) is 96.6 cm³/mol. The Bertz CT molecular complexity index is 864. The van der Waals surface area contributed by atoms with Crippen molar-refractivity contribution in [3.63, 3.8) is 0 Å². The van der Waals surface area contributed by atoms with Crippen LogP contribution in [0, 0.1) is 0 Å². The monoisotopic (exact) mass is 324 g/mol. The predicted octanol–water partition coefficient (Wildman–Crippen LogP) is 3.72. The quantitative estimate of drug-likeness (QED) is 0.622. The molecule has 5 heteroatoms. The van der Waals surface area contributed by atoms with Gasteiger partial charge in [-0.05, 0) is 25.0 Å². The van der Waals surface area contributed by atoms with Crippen LogP contribution in [0.25, 0.3) is 16.7 Å². The molecule has 0 saturated carbocycles. The van der Waals surface area contributed by atoms with Crippen LogP contribution < -0.4 is 5.56 Å². The molecule has 0 bridgehead atoms. The summed E-state index contributed by atoms with van der Waals surface area (Å²) in [6.07, 6.45) is 6.68. The summed E-state index contributed by atoms with van der Waals surface area (Å²) in [5, 5.41) is 5.00. The molecule has 3 rings (SSSR count). The van der Waals surface area contributed by atoms with Gasteiger partial charge in [0, 0.05) is 13.0 Å². The van der Waals surface area contributed by atoms with Crippen LogP contribution >= 0.6 is 0 Å². The number of unbranched alkanes of at least 4 members (excludes halogenated alkanes) is 2. The summed E-state index contributed by atoms with van der Waals surface area (Å²) < 4.78 is 3.60. The van der Waals surface area contributed by atoms with E-state index in [-0.39, 0.29) is 5.56 Å². The fraction of sp³-hybridized carbons (Fsp3) is 0.421.